The lowest BCUT2D eigenvalue weighted by Crippen LogP contribution is -2.17. The van der Waals surface area contributed by atoms with E-state index in [9.17, 15) is 4.79 Å². The number of allylic oxidation sites excluding steroid dienone is 1. The fourth-order valence-electron chi connectivity index (χ4n) is 0.580. The van der Waals surface area contributed by atoms with Gasteiger partial charge in [0.2, 0.25) is 0 Å². The number of hydrogen-bond donors (Lipinski definition) is 0. The molecule has 1 aliphatic heterocycles. The molecule has 0 bridgehead atoms. The zero-order chi connectivity index (χ0) is 7.56. The topological polar surface area (TPSA) is 20.3 Å². The van der Waals surface area contributed by atoms with Gasteiger partial charge in [-0.3, -0.25) is 4.79 Å². The molecule has 0 saturated heterocycles. The first-order valence-electron chi connectivity index (χ1n) is 2.77. The molecule has 0 aromatic heterocycles. The van der Waals surface area contributed by atoms with Crippen LogP contribution in [0.1, 0.15) is 0 Å². The van der Waals surface area contributed by atoms with E-state index in [1.54, 1.807) is 19.3 Å². The lowest BCUT2D eigenvalue weighted by atomic mass is 10.5. The van der Waals surface area contributed by atoms with Crippen molar-refractivity contribution in [1.82, 2.24) is 4.90 Å². The molecule has 1 aliphatic rings. The number of carbonyl (C=O) groups excluding carboxylic acids is 1. The summed E-state index contributed by atoms with van der Waals surface area (Å²) in [5.74, 6) is -0.119. The second-order valence-electron chi connectivity index (χ2n) is 1.92. The predicted molar refractivity (Wildman–Crippen MR) is 39.4 cm³/mol. The number of halogens is 1. The van der Waals surface area contributed by atoms with Crippen molar-refractivity contribution >= 4 is 17.5 Å². The third-order valence-corrected chi connectivity index (χ3v) is 1.30. The summed E-state index contributed by atoms with van der Waals surface area (Å²) in [6.07, 6.45) is 4.43. The third kappa shape index (κ3) is 1.50. The standard InChI is InChI=1S/C7H6ClNO/c1-9-5-6(8)3-2-4-7(9)10/h3-5H,1H3. The molecule has 0 atom stereocenters. The normalized spacial score (nSPS) is 17.2. The number of carbonyl (C=O) groups is 1. The Balaban J connectivity index is 2.99. The van der Waals surface area contributed by atoms with E-state index in [0.29, 0.717) is 5.03 Å². The Morgan fingerprint density at radius 3 is 3.00 bits per heavy atom. The second kappa shape index (κ2) is 2.74. The minimum absolute atomic E-state index is 0.119. The molecule has 1 heterocycles. The van der Waals surface area contributed by atoms with Crippen LogP contribution in [-0.2, 0) is 4.79 Å². The van der Waals surface area contributed by atoms with Crippen LogP contribution in [0, 0.1) is 0 Å². The van der Waals surface area contributed by atoms with Crippen molar-refractivity contribution in [3.63, 3.8) is 0 Å². The lowest BCUT2D eigenvalue weighted by Gasteiger charge is -2.06. The molecule has 0 radical (unpaired) electrons. The van der Waals surface area contributed by atoms with E-state index < -0.39 is 0 Å². The van der Waals surface area contributed by atoms with Gasteiger partial charge < -0.3 is 4.90 Å². The van der Waals surface area contributed by atoms with Gasteiger partial charge in [-0.15, -0.1) is 5.73 Å². The molecule has 0 fully saturated rings. The molecular formula is C7H6ClNO. The van der Waals surface area contributed by atoms with Crippen LogP contribution in [0.5, 0.6) is 0 Å². The maximum atomic E-state index is 10.8. The van der Waals surface area contributed by atoms with Gasteiger partial charge in [-0.05, 0) is 0 Å². The zero-order valence-corrected chi connectivity index (χ0v) is 6.22. The summed E-state index contributed by atoms with van der Waals surface area (Å²) in [4.78, 5) is 12.2. The summed E-state index contributed by atoms with van der Waals surface area (Å²) in [7, 11) is 1.64. The van der Waals surface area contributed by atoms with Crippen LogP contribution in [0.3, 0.4) is 0 Å². The Hall–Kier alpha value is -0.980. The first-order chi connectivity index (χ1) is 4.70. The molecule has 0 N–H and O–H groups in total. The van der Waals surface area contributed by atoms with Crippen molar-refractivity contribution in [2.45, 2.75) is 0 Å². The maximum absolute atomic E-state index is 10.8. The quantitative estimate of drug-likeness (QED) is 0.482. The summed E-state index contributed by atoms with van der Waals surface area (Å²) in [5.41, 5.74) is 2.64. The van der Waals surface area contributed by atoms with Gasteiger partial charge in [0.25, 0.3) is 5.91 Å². The van der Waals surface area contributed by atoms with E-state index in [1.165, 1.54) is 11.0 Å². The Morgan fingerprint density at radius 1 is 1.60 bits per heavy atom. The number of likely N-dealkylation sites (N-methyl/N-ethyl adjacent to an activating group) is 1. The Kier molecular flexibility index (Phi) is 1.95. The molecule has 3 heteroatoms. The first kappa shape index (κ1) is 7.13. The van der Waals surface area contributed by atoms with Gasteiger partial charge in [-0.25, -0.2) is 0 Å². The highest BCUT2D eigenvalue weighted by Crippen LogP contribution is 2.06. The minimum Gasteiger partial charge on any atom is -0.317 e. The van der Waals surface area contributed by atoms with E-state index in [2.05, 4.69) is 5.73 Å². The third-order valence-electron chi connectivity index (χ3n) is 1.09. The summed E-state index contributed by atoms with van der Waals surface area (Å²) < 4.78 is 0. The molecule has 0 aliphatic carbocycles. The monoisotopic (exact) mass is 155 g/mol. The van der Waals surface area contributed by atoms with Crippen LogP contribution in [0.4, 0.5) is 0 Å². The summed E-state index contributed by atoms with van der Waals surface area (Å²) >= 11 is 5.61. The van der Waals surface area contributed by atoms with E-state index in [-0.39, 0.29) is 5.91 Å². The van der Waals surface area contributed by atoms with Gasteiger partial charge in [0.05, 0.1) is 5.03 Å². The van der Waals surface area contributed by atoms with Gasteiger partial charge in [0.1, 0.15) is 0 Å². The number of rotatable bonds is 0. The van der Waals surface area contributed by atoms with Gasteiger partial charge in [0.15, 0.2) is 0 Å². The smallest absolute Gasteiger partial charge is 0.258 e. The largest absolute Gasteiger partial charge is 0.317 e. The molecular weight excluding hydrogens is 150 g/mol. The Morgan fingerprint density at radius 2 is 2.30 bits per heavy atom. The lowest BCUT2D eigenvalue weighted by molar-refractivity contribution is -0.122. The van der Waals surface area contributed by atoms with Crippen molar-refractivity contribution in [2.75, 3.05) is 7.05 Å². The summed E-state index contributed by atoms with van der Waals surface area (Å²) in [6, 6.07) is 0. The van der Waals surface area contributed by atoms with Crippen LogP contribution < -0.4 is 0 Å². The van der Waals surface area contributed by atoms with Crippen molar-refractivity contribution in [2.24, 2.45) is 0 Å². The van der Waals surface area contributed by atoms with E-state index in [1.807, 2.05) is 0 Å². The molecule has 10 heavy (non-hydrogen) atoms. The summed E-state index contributed by atoms with van der Waals surface area (Å²) in [5, 5.41) is 0.504. The average molecular weight is 156 g/mol. The van der Waals surface area contributed by atoms with E-state index in [0.717, 1.165) is 0 Å². The van der Waals surface area contributed by atoms with Crippen LogP contribution >= 0.6 is 11.6 Å². The molecule has 1 rings (SSSR count). The maximum Gasteiger partial charge on any atom is 0.258 e. The fraction of sp³-hybridized carbons (Fsp3) is 0.143. The van der Waals surface area contributed by atoms with E-state index in [4.69, 9.17) is 11.6 Å². The van der Waals surface area contributed by atoms with Crippen molar-refractivity contribution in [1.29, 1.82) is 0 Å². The fourth-order valence-corrected chi connectivity index (χ4v) is 0.790. The van der Waals surface area contributed by atoms with Crippen molar-refractivity contribution in [3.8, 4) is 0 Å². The molecule has 0 spiro atoms. The van der Waals surface area contributed by atoms with Gasteiger partial charge in [0, 0.05) is 25.4 Å². The Bertz CT molecular complexity index is 248. The molecule has 1 amide bonds. The number of hydrogen-bond acceptors (Lipinski definition) is 1. The van der Waals surface area contributed by atoms with Gasteiger partial charge in [-0.1, -0.05) is 11.6 Å². The zero-order valence-electron chi connectivity index (χ0n) is 5.47. The van der Waals surface area contributed by atoms with Crippen LogP contribution in [0.2, 0.25) is 0 Å². The predicted octanol–water partition coefficient (Wildman–Crippen LogP) is 1.25. The highest BCUT2D eigenvalue weighted by Gasteiger charge is 2.02. The average Bonchev–Trinajstić information content (AvgIpc) is 1.96. The molecule has 0 saturated carbocycles. The minimum atomic E-state index is -0.119. The highest BCUT2D eigenvalue weighted by molar-refractivity contribution is 6.31. The molecule has 0 aromatic carbocycles. The highest BCUT2D eigenvalue weighted by atomic mass is 35.5. The molecule has 2 nitrogen and oxygen atoms in total. The van der Waals surface area contributed by atoms with Crippen LogP contribution in [0.25, 0.3) is 0 Å². The van der Waals surface area contributed by atoms with Crippen LogP contribution in [0.15, 0.2) is 29.1 Å². The van der Waals surface area contributed by atoms with E-state index >= 15 is 0 Å². The molecule has 0 unspecified atom stereocenters. The molecule has 52 valence electrons. The summed E-state index contributed by atoms with van der Waals surface area (Å²) in [6.45, 7) is 0. The van der Waals surface area contributed by atoms with Crippen LogP contribution in [-0.4, -0.2) is 17.9 Å². The number of amides is 1. The number of nitrogens with zero attached hydrogens (tertiary/aromatic N) is 1. The van der Waals surface area contributed by atoms with Gasteiger partial charge >= 0.3 is 0 Å². The Labute approximate surface area is 64.1 Å². The van der Waals surface area contributed by atoms with Crippen molar-refractivity contribution in [3.05, 3.63) is 29.1 Å². The van der Waals surface area contributed by atoms with Gasteiger partial charge in [-0.2, -0.15) is 0 Å². The first-order valence-corrected chi connectivity index (χ1v) is 3.14. The molecule has 0 aromatic rings. The van der Waals surface area contributed by atoms with Crippen molar-refractivity contribution < 1.29 is 4.79 Å². The second-order valence-corrected chi connectivity index (χ2v) is 2.35. The SMILES string of the molecule is CN1C=C(Cl)C=C=CC1=O.